The number of nitrogens with two attached hydrogens (primary N) is 1. The van der Waals surface area contributed by atoms with Crippen molar-refractivity contribution in [1.82, 2.24) is 0 Å². The lowest BCUT2D eigenvalue weighted by Crippen LogP contribution is -2.18. The van der Waals surface area contributed by atoms with Crippen molar-refractivity contribution < 1.29 is 0 Å². The first-order chi connectivity index (χ1) is 8.63. The first-order valence-electron chi connectivity index (χ1n) is 6.01. The lowest BCUT2D eigenvalue weighted by atomic mass is 10.1. The summed E-state index contributed by atoms with van der Waals surface area (Å²) in [4.78, 5) is 2.13. The minimum Gasteiger partial charge on any atom is -0.397 e. The normalized spacial score (nSPS) is 10.4. The summed E-state index contributed by atoms with van der Waals surface area (Å²) in [7, 11) is 0. The van der Waals surface area contributed by atoms with Gasteiger partial charge in [0, 0.05) is 12.2 Å². The molecular formula is C15H17ClN2. The Kier molecular flexibility index (Phi) is 3.78. The van der Waals surface area contributed by atoms with Crippen LogP contribution in [0.1, 0.15) is 12.5 Å². The Morgan fingerprint density at radius 1 is 1.17 bits per heavy atom. The fourth-order valence-corrected chi connectivity index (χ4v) is 2.37. The smallest absolute Gasteiger partial charge is 0.0833 e. The van der Waals surface area contributed by atoms with Gasteiger partial charge in [0.15, 0.2) is 0 Å². The second kappa shape index (κ2) is 5.32. The molecule has 94 valence electrons. The van der Waals surface area contributed by atoms with Gasteiger partial charge < -0.3 is 10.6 Å². The van der Waals surface area contributed by atoms with E-state index in [2.05, 4.69) is 36.9 Å². The fraction of sp³-hybridized carbons (Fsp3) is 0.200. The second-order valence-electron chi connectivity index (χ2n) is 4.26. The van der Waals surface area contributed by atoms with Gasteiger partial charge in [0.25, 0.3) is 0 Å². The van der Waals surface area contributed by atoms with Gasteiger partial charge in [0.2, 0.25) is 0 Å². The molecule has 2 nitrogen and oxygen atoms in total. The topological polar surface area (TPSA) is 29.3 Å². The van der Waals surface area contributed by atoms with Gasteiger partial charge in [-0.05, 0) is 43.7 Å². The van der Waals surface area contributed by atoms with Crippen molar-refractivity contribution in [2.75, 3.05) is 17.2 Å². The Morgan fingerprint density at radius 2 is 1.89 bits per heavy atom. The van der Waals surface area contributed by atoms with Gasteiger partial charge in [-0.3, -0.25) is 0 Å². The van der Waals surface area contributed by atoms with Gasteiger partial charge in [-0.1, -0.05) is 29.8 Å². The third-order valence-corrected chi connectivity index (χ3v) is 3.22. The van der Waals surface area contributed by atoms with Gasteiger partial charge in [0.1, 0.15) is 0 Å². The summed E-state index contributed by atoms with van der Waals surface area (Å²) in [5.74, 6) is 0. The van der Waals surface area contributed by atoms with Gasteiger partial charge in [-0.2, -0.15) is 0 Å². The van der Waals surface area contributed by atoms with Gasteiger partial charge in [-0.25, -0.2) is 0 Å². The van der Waals surface area contributed by atoms with Crippen LogP contribution in [0, 0.1) is 6.92 Å². The largest absolute Gasteiger partial charge is 0.397 e. The third-order valence-electron chi connectivity index (χ3n) is 2.92. The van der Waals surface area contributed by atoms with Crippen LogP contribution >= 0.6 is 11.6 Å². The Balaban J connectivity index is 2.52. The highest BCUT2D eigenvalue weighted by atomic mass is 35.5. The van der Waals surface area contributed by atoms with Crippen molar-refractivity contribution in [2.45, 2.75) is 13.8 Å². The number of nitrogen functional groups attached to an aromatic ring is 1. The molecule has 3 heteroatoms. The van der Waals surface area contributed by atoms with E-state index in [0.717, 1.165) is 17.9 Å². The second-order valence-corrected chi connectivity index (χ2v) is 4.67. The van der Waals surface area contributed by atoms with E-state index in [9.17, 15) is 0 Å². The third kappa shape index (κ3) is 2.44. The molecule has 0 fully saturated rings. The van der Waals surface area contributed by atoms with Crippen LogP contribution in [0.3, 0.4) is 0 Å². The molecule has 2 rings (SSSR count). The van der Waals surface area contributed by atoms with E-state index < -0.39 is 0 Å². The molecule has 0 atom stereocenters. The van der Waals surface area contributed by atoms with Crippen molar-refractivity contribution >= 4 is 28.7 Å². The number of aryl methyl sites for hydroxylation is 1. The Morgan fingerprint density at radius 3 is 2.50 bits per heavy atom. The minimum absolute atomic E-state index is 0.679. The van der Waals surface area contributed by atoms with Gasteiger partial charge in [0.05, 0.1) is 16.4 Å². The predicted octanol–water partition coefficient (Wildman–Crippen LogP) is 4.39. The Labute approximate surface area is 113 Å². The molecule has 0 aliphatic heterocycles. The van der Waals surface area contributed by atoms with E-state index in [-0.39, 0.29) is 0 Å². The molecule has 0 radical (unpaired) electrons. The first kappa shape index (κ1) is 12.8. The quantitative estimate of drug-likeness (QED) is 0.830. The highest BCUT2D eigenvalue weighted by molar-refractivity contribution is 6.34. The number of rotatable bonds is 3. The molecule has 0 aromatic heterocycles. The van der Waals surface area contributed by atoms with Crippen LogP contribution in [-0.4, -0.2) is 6.54 Å². The summed E-state index contributed by atoms with van der Waals surface area (Å²) in [5, 5.41) is 0.679. The first-order valence-corrected chi connectivity index (χ1v) is 6.39. The SMILES string of the molecule is CCN(c1cccc(C)c1)c1c(N)cccc1Cl. The van der Waals surface area contributed by atoms with E-state index in [0.29, 0.717) is 10.7 Å². The van der Waals surface area contributed by atoms with Crippen molar-refractivity contribution in [3.8, 4) is 0 Å². The van der Waals surface area contributed by atoms with Crippen LogP contribution in [0.2, 0.25) is 5.02 Å². The van der Waals surface area contributed by atoms with Crippen molar-refractivity contribution in [2.24, 2.45) is 0 Å². The van der Waals surface area contributed by atoms with Crippen LogP contribution in [0.5, 0.6) is 0 Å². The maximum absolute atomic E-state index is 6.27. The number of hydrogen-bond donors (Lipinski definition) is 1. The molecule has 0 saturated carbocycles. The van der Waals surface area contributed by atoms with Crippen LogP contribution in [-0.2, 0) is 0 Å². The van der Waals surface area contributed by atoms with Crippen molar-refractivity contribution in [3.05, 3.63) is 53.1 Å². The average molecular weight is 261 g/mol. The van der Waals surface area contributed by atoms with Crippen molar-refractivity contribution in [1.29, 1.82) is 0 Å². The molecule has 2 aromatic carbocycles. The molecule has 0 aliphatic carbocycles. The summed E-state index contributed by atoms with van der Waals surface area (Å²) in [5.41, 5.74) is 9.96. The number of anilines is 3. The van der Waals surface area contributed by atoms with E-state index in [1.54, 1.807) is 0 Å². The number of para-hydroxylation sites is 1. The highest BCUT2D eigenvalue weighted by Crippen LogP contribution is 2.36. The molecule has 2 N–H and O–H groups in total. The number of nitrogens with zero attached hydrogens (tertiary/aromatic N) is 1. The summed E-state index contributed by atoms with van der Waals surface area (Å²) < 4.78 is 0. The Hall–Kier alpha value is -1.67. The summed E-state index contributed by atoms with van der Waals surface area (Å²) >= 11 is 6.27. The minimum atomic E-state index is 0.679. The molecule has 18 heavy (non-hydrogen) atoms. The van der Waals surface area contributed by atoms with Gasteiger partial charge in [-0.15, -0.1) is 0 Å². The Bertz CT molecular complexity index is 532. The maximum atomic E-state index is 6.27. The van der Waals surface area contributed by atoms with Gasteiger partial charge >= 0.3 is 0 Å². The van der Waals surface area contributed by atoms with E-state index >= 15 is 0 Å². The highest BCUT2D eigenvalue weighted by Gasteiger charge is 2.13. The van der Waals surface area contributed by atoms with Crippen LogP contribution < -0.4 is 10.6 Å². The predicted molar refractivity (Wildman–Crippen MR) is 79.7 cm³/mol. The summed E-state index contributed by atoms with van der Waals surface area (Å²) in [6.45, 7) is 4.98. The molecule has 0 heterocycles. The monoisotopic (exact) mass is 260 g/mol. The number of benzene rings is 2. The van der Waals surface area contributed by atoms with Crippen LogP contribution in [0.15, 0.2) is 42.5 Å². The zero-order valence-corrected chi connectivity index (χ0v) is 11.4. The number of halogens is 1. The van der Waals surface area contributed by atoms with E-state index in [4.69, 9.17) is 17.3 Å². The molecule has 2 aromatic rings. The lowest BCUT2D eigenvalue weighted by molar-refractivity contribution is 1.02. The van der Waals surface area contributed by atoms with E-state index in [1.165, 1.54) is 5.56 Å². The zero-order valence-electron chi connectivity index (χ0n) is 10.7. The zero-order chi connectivity index (χ0) is 13.1. The average Bonchev–Trinajstić information content (AvgIpc) is 2.34. The number of hydrogen-bond acceptors (Lipinski definition) is 2. The maximum Gasteiger partial charge on any atom is 0.0833 e. The molecule has 0 aliphatic rings. The standard InChI is InChI=1S/C15H17ClN2/c1-3-18(12-7-4-6-11(2)10-12)15-13(16)8-5-9-14(15)17/h4-10H,3,17H2,1-2H3. The molecule has 0 amide bonds. The fourth-order valence-electron chi connectivity index (χ4n) is 2.08. The molecular weight excluding hydrogens is 244 g/mol. The molecule has 0 unspecified atom stereocenters. The van der Waals surface area contributed by atoms with Crippen LogP contribution in [0.25, 0.3) is 0 Å². The summed E-state index contributed by atoms with van der Waals surface area (Å²) in [6, 6.07) is 13.9. The molecule has 0 spiro atoms. The molecule has 0 saturated heterocycles. The molecule has 0 bridgehead atoms. The van der Waals surface area contributed by atoms with E-state index in [1.807, 2.05) is 24.3 Å². The van der Waals surface area contributed by atoms with Crippen LogP contribution in [0.4, 0.5) is 17.1 Å². The lowest BCUT2D eigenvalue weighted by Gasteiger charge is -2.26. The van der Waals surface area contributed by atoms with Crippen molar-refractivity contribution in [3.63, 3.8) is 0 Å². The summed E-state index contributed by atoms with van der Waals surface area (Å²) in [6.07, 6.45) is 0.